The number of morpholine rings is 1. The van der Waals surface area contributed by atoms with Crippen molar-refractivity contribution in [1.29, 1.82) is 0 Å². The smallest absolute Gasteiger partial charge is 0.236 e. The van der Waals surface area contributed by atoms with Crippen LogP contribution in [0.1, 0.15) is 39.0 Å². The summed E-state index contributed by atoms with van der Waals surface area (Å²) in [5, 5.41) is 3.46. The quantitative estimate of drug-likeness (QED) is 0.805. The Morgan fingerprint density at radius 2 is 1.88 bits per heavy atom. The van der Waals surface area contributed by atoms with Crippen molar-refractivity contribution in [1.82, 2.24) is 10.2 Å². The Labute approximate surface area is 104 Å². The zero-order valence-electron chi connectivity index (χ0n) is 10.8. The maximum absolute atomic E-state index is 12.0. The topological polar surface area (TPSA) is 41.6 Å². The van der Waals surface area contributed by atoms with Gasteiger partial charge < -0.3 is 15.0 Å². The van der Waals surface area contributed by atoms with Crippen LogP contribution >= 0.6 is 0 Å². The maximum atomic E-state index is 12.0. The molecule has 0 bridgehead atoms. The van der Waals surface area contributed by atoms with Gasteiger partial charge in [-0.2, -0.15) is 0 Å². The lowest BCUT2D eigenvalue weighted by Crippen LogP contribution is -2.51. The van der Waals surface area contributed by atoms with Crippen LogP contribution in [0.2, 0.25) is 0 Å². The Kier molecular flexibility index (Phi) is 4.40. The van der Waals surface area contributed by atoms with Crippen LogP contribution in [0.15, 0.2) is 0 Å². The van der Waals surface area contributed by atoms with E-state index in [1.807, 2.05) is 4.90 Å². The van der Waals surface area contributed by atoms with E-state index in [0.717, 1.165) is 13.1 Å². The fraction of sp³-hybridized carbons (Fsp3) is 0.923. The first-order valence-electron chi connectivity index (χ1n) is 6.80. The van der Waals surface area contributed by atoms with Crippen molar-refractivity contribution in [2.45, 2.75) is 44.6 Å². The van der Waals surface area contributed by atoms with E-state index in [2.05, 4.69) is 12.2 Å². The Morgan fingerprint density at radius 3 is 2.53 bits per heavy atom. The van der Waals surface area contributed by atoms with E-state index in [0.29, 0.717) is 19.8 Å². The second-order valence-electron chi connectivity index (χ2n) is 5.47. The summed E-state index contributed by atoms with van der Waals surface area (Å²) >= 11 is 0. The summed E-state index contributed by atoms with van der Waals surface area (Å²) in [6.45, 7) is 5.59. The number of amides is 1. The molecule has 2 aliphatic rings. The van der Waals surface area contributed by atoms with Gasteiger partial charge in [-0.1, -0.05) is 19.3 Å². The molecule has 98 valence electrons. The van der Waals surface area contributed by atoms with Gasteiger partial charge in [-0.05, 0) is 19.8 Å². The Hall–Kier alpha value is -0.610. The standard InChI is InChI=1S/C13H24N2O2/c1-13(5-3-2-4-6-13)14-11-12(16)15-7-9-17-10-8-15/h14H,2-11H2,1H3. The van der Waals surface area contributed by atoms with Crippen molar-refractivity contribution in [2.75, 3.05) is 32.8 Å². The number of nitrogens with zero attached hydrogens (tertiary/aromatic N) is 1. The number of hydrogen-bond donors (Lipinski definition) is 1. The number of nitrogens with one attached hydrogen (secondary N) is 1. The molecular formula is C13H24N2O2. The lowest BCUT2D eigenvalue weighted by Gasteiger charge is -2.35. The number of hydrogen-bond acceptors (Lipinski definition) is 3. The molecule has 2 rings (SSSR count). The van der Waals surface area contributed by atoms with E-state index in [1.165, 1.54) is 32.1 Å². The van der Waals surface area contributed by atoms with Gasteiger partial charge in [0.2, 0.25) is 5.91 Å². The summed E-state index contributed by atoms with van der Waals surface area (Å²) in [4.78, 5) is 13.9. The molecule has 1 aliphatic carbocycles. The van der Waals surface area contributed by atoms with Crippen LogP contribution in [-0.4, -0.2) is 49.2 Å². The monoisotopic (exact) mass is 240 g/mol. The lowest BCUT2D eigenvalue weighted by atomic mass is 9.83. The first-order valence-corrected chi connectivity index (χ1v) is 6.80. The summed E-state index contributed by atoms with van der Waals surface area (Å²) in [6.07, 6.45) is 6.31. The summed E-state index contributed by atoms with van der Waals surface area (Å²) in [7, 11) is 0. The van der Waals surface area contributed by atoms with E-state index >= 15 is 0 Å². The molecule has 2 fully saturated rings. The highest BCUT2D eigenvalue weighted by Crippen LogP contribution is 2.27. The molecule has 0 aromatic carbocycles. The highest BCUT2D eigenvalue weighted by atomic mass is 16.5. The second-order valence-corrected chi connectivity index (χ2v) is 5.47. The largest absolute Gasteiger partial charge is 0.378 e. The molecule has 17 heavy (non-hydrogen) atoms. The number of rotatable bonds is 3. The minimum atomic E-state index is 0.181. The van der Waals surface area contributed by atoms with Crippen LogP contribution in [0.25, 0.3) is 0 Å². The molecule has 0 aromatic rings. The minimum absolute atomic E-state index is 0.181. The summed E-state index contributed by atoms with van der Waals surface area (Å²) in [5.74, 6) is 0.222. The van der Waals surface area contributed by atoms with Crippen molar-refractivity contribution in [3.8, 4) is 0 Å². The fourth-order valence-electron chi connectivity index (χ4n) is 2.72. The normalized spacial score (nSPS) is 24.6. The van der Waals surface area contributed by atoms with Gasteiger partial charge in [0.25, 0.3) is 0 Å². The zero-order valence-corrected chi connectivity index (χ0v) is 10.8. The van der Waals surface area contributed by atoms with Gasteiger partial charge in [-0.3, -0.25) is 4.79 Å². The first kappa shape index (κ1) is 12.8. The van der Waals surface area contributed by atoms with Gasteiger partial charge in [0.1, 0.15) is 0 Å². The van der Waals surface area contributed by atoms with E-state index in [-0.39, 0.29) is 11.4 Å². The van der Waals surface area contributed by atoms with E-state index in [1.54, 1.807) is 0 Å². The highest BCUT2D eigenvalue weighted by Gasteiger charge is 2.27. The van der Waals surface area contributed by atoms with Crippen molar-refractivity contribution in [2.24, 2.45) is 0 Å². The van der Waals surface area contributed by atoms with Crippen molar-refractivity contribution >= 4 is 5.91 Å². The third-order valence-corrected chi connectivity index (χ3v) is 3.99. The summed E-state index contributed by atoms with van der Waals surface area (Å²) < 4.78 is 5.25. The average molecular weight is 240 g/mol. The van der Waals surface area contributed by atoms with Crippen LogP contribution in [0.4, 0.5) is 0 Å². The highest BCUT2D eigenvalue weighted by molar-refractivity contribution is 5.78. The zero-order chi connectivity index (χ0) is 12.1. The molecule has 1 amide bonds. The molecule has 0 unspecified atom stereocenters. The van der Waals surface area contributed by atoms with Crippen LogP contribution in [-0.2, 0) is 9.53 Å². The molecule has 4 nitrogen and oxygen atoms in total. The van der Waals surface area contributed by atoms with Gasteiger partial charge in [0.15, 0.2) is 0 Å². The van der Waals surface area contributed by atoms with Crippen LogP contribution in [0.5, 0.6) is 0 Å². The molecule has 1 saturated carbocycles. The third-order valence-electron chi connectivity index (χ3n) is 3.99. The molecule has 0 spiro atoms. The number of carbonyl (C=O) groups is 1. The van der Waals surface area contributed by atoms with Crippen molar-refractivity contribution in [3.63, 3.8) is 0 Å². The van der Waals surface area contributed by atoms with Gasteiger partial charge in [0.05, 0.1) is 19.8 Å². The third kappa shape index (κ3) is 3.68. The number of carbonyl (C=O) groups excluding carboxylic acids is 1. The molecular weight excluding hydrogens is 216 g/mol. The maximum Gasteiger partial charge on any atom is 0.236 e. The van der Waals surface area contributed by atoms with E-state index < -0.39 is 0 Å². The second kappa shape index (κ2) is 5.83. The molecule has 1 N–H and O–H groups in total. The predicted molar refractivity (Wildman–Crippen MR) is 66.9 cm³/mol. The van der Waals surface area contributed by atoms with Gasteiger partial charge in [-0.15, -0.1) is 0 Å². The molecule has 0 aromatic heterocycles. The minimum Gasteiger partial charge on any atom is -0.378 e. The molecule has 1 saturated heterocycles. The Balaban J connectivity index is 1.74. The Morgan fingerprint density at radius 1 is 1.24 bits per heavy atom. The first-order chi connectivity index (χ1) is 8.20. The molecule has 4 heteroatoms. The molecule has 1 heterocycles. The van der Waals surface area contributed by atoms with E-state index in [4.69, 9.17) is 4.74 Å². The van der Waals surface area contributed by atoms with E-state index in [9.17, 15) is 4.79 Å². The lowest BCUT2D eigenvalue weighted by molar-refractivity contribution is -0.134. The van der Waals surface area contributed by atoms with Crippen LogP contribution in [0.3, 0.4) is 0 Å². The predicted octanol–water partition coefficient (Wildman–Crippen LogP) is 1.16. The Bertz CT molecular complexity index is 256. The average Bonchev–Trinajstić information content (AvgIpc) is 2.38. The van der Waals surface area contributed by atoms with Gasteiger partial charge in [0, 0.05) is 18.6 Å². The SMILES string of the molecule is CC1(NCC(=O)N2CCOCC2)CCCCC1. The van der Waals surface area contributed by atoms with Crippen molar-refractivity contribution in [3.05, 3.63) is 0 Å². The summed E-state index contributed by atoms with van der Waals surface area (Å²) in [6, 6.07) is 0. The van der Waals surface area contributed by atoms with Crippen LogP contribution in [0, 0.1) is 0 Å². The molecule has 1 aliphatic heterocycles. The molecule has 0 radical (unpaired) electrons. The molecule has 0 atom stereocenters. The van der Waals surface area contributed by atoms with Crippen LogP contribution < -0.4 is 5.32 Å². The van der Waals surface area contributed by atoms with Gasteiger partial charge in [-0.25, -0.2) is 0 Å². The number of ether oxygens (including phenoxy) is 1. The van der Waals surface area contributed by atoms with Gasteiger partial charge >= 0.3 is 0 Å². The fourth-order valence-corrected chi connectivity index (χ4v) is 2.72. The van der Waals surface area contributed by atoms with Crippen molar-refractivity contribution < 1.29 is 9.53 Å². The summed E-state index contributed by atoms with van der Waals surface area (Å²) in [5.41, 5.74) is 0.181.